The highest BCUT2D eigenvalue weighted by molar-refractivity contribution is 5.80. The van der Waals surface area contributed by atoms with E-state index in [2.05, 4.69) is 10.3 Å². The highest BCUT2D eigenvalue weighted by Crippen LogP contribution is 2.12. The Balaban J connectivity index is 2.57. The molecule has 0 aliphatic carbocycles. The van der Waals surface area contributed by atoms with Crippen molar-refractivity contribution < 1.29 is 9.53 Å². The summed E-state index contributed by atoms with van der Waals surface area (Å²) in [6.45, 7) is 2.56. The molecule has 0 fully saturated rings. The first-order valence-corrected chi connectivity index (χ1v) is 4.85. The molecule has 1 N–H and O–H groups in total. The average Bonchev–Trinajstić information content (AvgIpc) is 2.77. The molecule has 84 valence electrons. The van der Waals surface area contributed by atoms with Gasteiger partial charge in [0.05, 0.1) is 13.4 Å². The van der Waals surface area contributed by atoms with E-state index < -0.39 is 5.54 Å². The largest absolute Gasteiger partial charge is 0.468 e. The lowest BCUT2D eigenvalue weighted by Gasteiger charge is -2.26. The minimum absolute atomic E-state index is 0.245. The van der Waals surface area contributed by atoms with Gasteiger partial charge in [-0.25, -0.2) is 4.98 Å². The van der Waals surface area contributed by atoms with Gasteiger partial charge < -0.3 is 14.6 Å². The Morgan fingerprint density at radius 3 is 2.87 bits per heavy atom. The summed E-state index contributed by atoms with van der Waals surface area (Å²) in [5.41, 5.74) is -0.640. The van der Waals surface area contributed by atoms with Gasteiger partial charge in [-0.1, -0.05) is 0 Å². The van der Waals surface area contributed by atoms with Gasteiger partial charge in [-0.3, -0.25) is 4.79 Å². The first-order valence-electron chi connectivity index (χ1n) is 4.85. The lowest BCUT2D eigenvalue weighted by atomic mass is 9.98. The van der Waals surface area contributed by atoms with Gasteiger partial charge in [-0.2, -0.15) is 0 Å². The number of hydrogen-bond acceptors (Lipinski definition) is 4. The van der Waals surface area contributed by atoms with E-state index >= 15 is 0 Å². The molecule has 1 heterocycles. The van der Waals surface area contributed by atoms with Gasteiger partial charge >= 0.3 is 5.97 Å². The Bertz CT molecular complexity index is 310. The zero-order valence-electron chi connectivity index (χ0n) is 9.36. The van der Waals surface area contributed by atoms with E-state index in [0.717, 1.165) is 6.54 Å². The van der Waals surface area contributed by atoms with E-state index in [-0.39, 0.29) is 5.97 Å². The zero-order valence-corrected chi connectivity index (χ0v) is 9.36. The van der Waals surface area contributed by atoms with E-state index in [1.165, 1.54) is 7.11 Å². The third kappa shape index (κ3) is 2.79. The highest BCUT2D eigenvalue weighted by atomic mass is 16.5. The Labute approximate surface area is 89.4 Å². The number of aromatic nitrogens is 2. The second kappa shape index (κ2) is 4.93. The van der Waals surface area contributed by atoms with Gasteiger partial charge in [0, 0.05) is 18.9 Å². The fourth-order valence-corrected chi connectivity index (χ4v) is 1.33. The van der Waals surface area contributed by atoms with Crippen molar-refractivity contribution in [2.24, 2.45) is 0 Å². The molecule has 1 unspecified atom stereocenters. The van der Waals surface area contributed by atoms with Crippen LogP contribution in [0.25, 0.3) is 0 Å². The van der Waals surface area contributed by atoms with Crippen molar-refractivity contribution in [3.05, 3.63) is 18.7 Å². The first kappa shape index (κ1) is 11.7. The lowest BCUT2D eigenvalue weighted by molar-refractivity contribution is -0.148. The Kier molecular flexibility index (Phi) is 3.85. The SMILES string of the molecule is CNC(C)(CCn1ccnc1)C(=O)OC. The van der Waals surface area contributed by atoms with Crippen LogP contribution in [-0.4, -0.2) is 35.2 Å². The summed E-state index contributed by atoms with van der Waals surface area (Å²) < 4.78 is 6.68. The molecule has 0 amide bonds. The number of carbonyl (C=O) groups excluding carboxylic acids is 1. The van der Waals surface area contributed by atoms with Crippen molar-refractivity contribution in [2.75, 3.05) is 14.2 Å². The van der Waals surface area contributed by atoms with Crippen LogP contribution in [0, 0.1) is 0 Å². The predicted molar refractivity (Wildman–Crippen MR) is 56.3 cm³/mol. The van der Waals surface area contributed by atoms with Crippen molar-refractivity contribution in [3.63, 3.8) is 0 Å². The standard InChI is InChI=1S/C10H17N3O2/c1-10(11-2,9(14)15-3)4-6-13-7-5-12-8-13/h5,7-8,11H,4,6H2,1-3H3. The molecule has 1 rings (SSSR count). The third-order valence-electron chi connectivity index (χ3n) is 2.62. The van der Waals surface area contributed by atoms with Crippen LogP contribution in [0.1, 0.15) is 13.3 Å². The van der Waals surface area contributed by atoms with Gasteiger partial charge in [0.2, 0.25) is 0 Å². The van der Waals surface area contributed by atoms with E-state index in [4.69, 9.17) is 4.74 Å². The van der Waals surface area contributed by atoms with Crippen molar-refractivity contribution in [1.82, 2.24) is 14.9 Å². The third-order valence-corrected chi connectivity index (χ3v) is 2.62. The molecule has 0 saturated heterocycles. The van der Waals surface area contributed by atoms with Crippen molar-refractivity contribution in [1.29, 1.82) is 0 Å². The van der Waals surface area contributed by atoms with Crippen LogP contribution in [0.15, 0.2) is 18.7 Å². The predicted octanol–water partition coefficient (Wildman–Crippen LogP) is 0.424. The number of methoxy groups -OCH3 is 1. The van der Waals surface area contributed by atoms with E-state index in [1.807, 2.05) is 17.7 Å². The average molecular weight is 211 g/mol. The van der Waals surface area contributed by atoms with Crippen LogP contribution in [-0.2, 0) is 16.1 Å². The normalized spacial score (nSPS) is 14.6. The van der Waals surface area contributed by atoms with E-state index in [1.54, 1.807) is 19.6 Å². The van der Waals surface area contributed by atoms with Crippen LogP contribution < -0.4 is 5.32 Å². The fourth-order valence-electron chi connectivity index (χ4n) is 1.33. The molecule has 0 aromatic carbocycles. The Hall–Kier alpha value is -1.36. The topological polar surface area (TPSA) is 56.2 Å². The van der Waals surface area contributed by atoms with Crippen molar-refractivity contribution in [3.8, 4) is 0 Å². The van der Waals surface area contributed by atoms with Gasteiger partial charge in [-0.15, -0.1) is 0 Å². The number of carbonyl (C=O) groups is 1. The number of ether oxygens (including phenoxy) is 1. The number of nitrogens with one attached hydrogen (secondary N) is 1. The second-order valence-electron chi connectivity index (χ2n) is 3.62. The molecule has 0 bridgehead atoms. The summed E-state index contributed by atoms with van der Waals surface area (Å²) in [4.78, 5) is 15.5. The zero-order chi connectivity index (χ0) is 11.3. The summed E-state index contributed by atoms with van der Waals surface area (Å²) in [5.74, 6) is -0.245. The molecule has 0 radical (unpaired) electrons. The maximum atomic E-state index is 11.5. The molecular formula is C10H17N3O2. The van der Waals surface area contributed by atoms with Crippen LogP contribution in [0.2, 0.25) is 0 Å². The summed E-state index contributed by atoms with van der Waals surface area (Å²) in [6.07, 6.45) is 5.97. The van der Waals surface area contributed by atoms with Crippen LogP contribution in [0.3, 0.4) is 0 Å². The maximum absolute atomic E-state index is 11.5. The molecule has 1 aromatic rings. The summed E-state index contributed by atoms with van der Waals surface area (Å²) in [6, 6.07) is 0. The molecule has 0 spiro atoms. The van der Waals surface area contributed by atoms with E-state index in [9.17, 15) is 4.79 Å². The quantitative estimate of drug-likeness (QED) is 0.717. The van der Waals surface area contributed by atoms with Crippen LogP contribution in [0.4, 0.5) is 0 Å². The first-order chi connectivity index (χ1) is 7.12. The molecule has 0 aliphatic rings. The minimum Gasteiger partial charge on any atom is -0.468 e. The number of aryl methyl sites for hydroxylation is 1. The van der Waals surface area contributed by atoms with Crippen molar-refractivity contribution in [2.45, 2.75) is 25.4 Å². The van der Waals surface area contributed by atoms with Gasteiger partial charge in [0.25, 0.3) is 0 Å². The van der Waals surface area contributed by atoms with Crippen LogP contribution in [0.5, 0.6) is 0 Å². The number of hydrogen-bond donors (Lipinski definition) is 1. The van der Waals surface area contributed by atoms with Gasteiger partial charge in [0.1, 0.15) is 5.54 Å². The minimum atomic E-state index is -0.640. The van der Waals surface area contributed by atoms with E-state index in [0.29, 0.717) is 6.42 Å². The molecule has 1 atom stereocenters. The Morgan fingerprint density at radius 2 is 2.40 bits per heavy atom. The molecule has 0 saturated carbocycles. The molecular weight excluding hydrogens is 194 g/mol. The Morgan fingerprint density at radius 1 is 1.67 bits per heavy atom. The lowest BCUT2D eigenvalue weighted by Crippen LogP contribution is -2.48. The molecule has 5 nitrogen and oxygen atoms in total. The number of rotatable bonds is 5. The highest BCUT2D eigenvalue weighted by Gasteiger charge is 2.31. The number of imidazole rings is 1. The molecule has 15 heavy (non-hydrogen) atoms. The molecule has 1 aromatic heterocycles. The number of esters is 1. The van der Waals surface area contributed by atoms with Crippen molar-refractivity contribution >= 4 is 5.97 Å². The maximum Gasteiger partial charge on any atom is 0.325 e. The monoisotopic (exact) mass is 211 g/mol. The second-order valence-corrected chi connectivity index (χ2v) is 3.62. The summed E-state index contributed by atoms with van der Waals surface area (Å²) in [5, 5.41) is 2.98. The fraction of sp³-hybridized carbons (Fsp3) is 0.600. The summed E-state index contributed by atoms with van der Waals surface area (Å²) in [7, 11) is 3.15. The number of likely N-dealkylation sites (N-methyl/N-ethyl adjacent to an activating group) is 1. The van der Waals surface area contributed by atoms with Crippen LogP contribution >= 0.6 is 0 Å². The summed E-state index contributed by atoms with van der Waals surface area (Å²) >= 11 is 0. The number of nitrogens with zero attached hydrogens (tertiary/aromatic N) is 2. The molecule has 0 aliphatic heterocycles. The van der Waals surface area contributed by atoms with Gasteiger partial charge in [-0.05, 0) is 20.4 Å². The molecule has 5 heteroatoms. The van der Waals surface area contributed by atoms with Gasteiger partial charge in [0.15, 0.2) is 0 Å². The smallest absolute Gasteiger partial charge is 0.325 e.